The average Bonchev–Trinajstić information content (AvgIpc) is 3.30. The Kier molecular flexibility index (Phi) is 5.65. The van der Waals surface area contributed by atoms with Crippen LogP contribution in [0.5, 0.6) is 0 Å². The van der Waals surface area contributed by atoms with Crippen LogP contribution in [0.15, 0.2) is 40.7 Å². The zero-order chi connectivity index (χ0) is 20.6. The molecule has 2 aliphatic heterocycles. The van der Waals surface area contributed by atoms with Crippen molar-refractivity contribution in [3.8, 4) is 0 Å². The Hall–Kier alpha value is -1.94. The molecule has 1 fully saturated rings. The fraction of sp³-hybridized carbons (Fsp3) is 0.520. The third kappa shape index (κ3) is 4.48. The van der Waals surface area contributed by atoms with E-state index in [2.05, 4.69) is 56.5 Å². The summed E-state index contributed by atoms with van der Waals surface area (Å²) in [6, 6.07) is 11.3. The molecule has 0 aliphatic carbocycles. The summed E-state index contributed by atoms with van der Waals surface area (Å²) in [6.45, 7) is 10.4. The highest BCUT2D eigenvalue weighted by atomic mass is 32.1. The molecule has 0 bridgehead atoms. The predicted molar refractivity (Wildman–Crippen MR) is 122 cm³/mol. The second-order valence-electron chi connectivity index (χ2n) is 9.63. The van der Waals surface area contributed by atoms with Crippen molar-refractivity contribution in [2.45, 2.75) is 59.3 Å². The Morgan fingerprint density at radius 2 is 1.97 bits per heavy atom. The molecule has 1 saturated heterocycles. The molecule has 1 aromatic carbocycles. The lowest BCUT2D eigenvalue weighted by Crippen LogP contribution is -2.38. The van der Waals surface area contributed by atoms with Gasteiger partial charge in [0, 0.05) is 48.4 Å². The van der Waals surface area contributed by atoms with E-state index in [1.165, 1.54) is 27.4 Å². The maximum atomic E-state index is 11.7. The lowest BCUT2D eigenvalue weighted by atomic mass is 9.75. The molecule has 0 radical (unpaired) electrons. The minimum atomic E-state index is 0.0672. The van der Waals surface area contributed by atoms with Gasteiger partial charge in [-0.15, -0.1) is 11.3 Å². The summed E-state index contributed by atoms with van der Waals surface area (Å²) in [5.41, 5.74) is 5.32. The van der Waals surface area contributed by atoms with Crippen LogP contribution in [0.4, 0.5) is 5.69 Å². The van der Waals surface area contributed by atoms with Gasteiger partial charge in [-0.2, -0.15) is 0 Å². The first-order chi connectivity index (χ1) is 13.8. The number of benzene rings is 1. The normalized spacial score (nSPS) is 19.9. The number of nitrogens with zero attached hydrogens (tertiary/aromatic N) is 2. The van der Waals surface area contributed by atoms with Gasteiger partial charge in [-0.05, 0) is 53.8 Å². The fourth-order valence-electron chi connectivity index (χ4n) is 4.81. The van der Waals surface area contributed by atoms with Crippen molar-refractivity contribution in [3.05, 3.63) is 51.7 Å². The number of likely N-dealkylation sites (tertiary alicyclic amines) is 1. The quantitative estimate of drug-likeness (QED) is 0.592. The van der Waals surface area contributed by atoms with Gasteiger partial charge in [0.05, 0.1) is 5.69 Å². The topological polar surface area (TPSA) is 32.7 Å². The summed E-state index contributed by atoms with van der Waals surface area (Å²) in [5.74, 6) is 1.29. The Labute approximate surface area is 178 Å². The lowest BCUT2D eigenvalue weighted by Gasteiger charge is -2.34. The molecule has 4 heteroatoms. The molecule has 4 rings (SSSR count). The first-order valence-electron chi connectivity index (χ1n) is 10.8. The van der Waals surface area contributed by atoms with E-state index in [9.17, 15) is 4.79 Å². The van der Waals surface area contributed by atoms with E-state index in [1.807, 2.05) is 16.2 Å². The van der Waals surface area contributed by atoms with Gasteiger partial charge in [-0.3, -0.25) is 9.79 Å². The fourth-order valence-corrected chi connectivity index (χ4v) is 5.54. The number of hydrogen-bond donors (Lipinski definition) is 0. The van der Waals surface area contributed by atoms with Crippen LogP contribution in [0, 0.1) is 11.3 Å². The minimum absolute atomic E-state index is 0.0672. The van der Waals surface area contributed by atoms with E-state index in [0.29, 0.717) is 11.8 Å². The van der Waals surface area contributed by atoms with Gasteiger partial charge < -0.3 is 4.90 Å². The van der Waals surface area contributed by atoms with Gasteiger partial charge in [0.1, 0.15) is 0 Å². The van der Waals surface area contributed by atoms with E-state index < -0.39 is 0 Å². The molecule has 0 N–H and O–H groups in total. The van der Waals surface area contributed by atoms with Crippen LogP contribution >= 0.6 is 11.3 Å². The molecule has 1 atom stereocenters. The molecule has 3 nitrogen and oxygen atoms in total. The van der Waals surface area contributed by atoms with Gasteiger partial charge >= 0.3 is 0 Å². The Balaban J connectivity index is 1.54. The van der Waals surface area contributed by atoms with E-state index in [1.54, 1.807) is 6.92 Å². The third-order valence-corrected chi connectivity index (χ3v) is 7.27. The van der Waals surface area contributed by atoms with E-state index in [-0.39, 0.29) is 11.3 Å². The Morgan fingerprint density at radius 3 is 2.59 bits per heavy atom. The first kappa shape index (κ1) is 20.3. The highest BCUT2D eigenvalue weighted by Crippen LogP contribution is 2.45. The maximum Gasteiger partial charge on any atom is 0.219 e. The lowest BCUT2D eigenvalue weighted by molar-refractivity contribution is -0.130. The van der Waals surface area contributed by atoms with E-state index >= 15 is 0 Å². The molecule has 29 heavy (non-hydrogen) atoms. The monoisotopic (exact) mass is 408 g/mol. The zero-order valence-corrected chi connectivity index (χ0v) is 18.9. The van der Waals surface area contributed by atoms with Crippen molar-refractivity contribution in [2.75, 3.05) is 13.1 Å². The maximum absolute atomic E-state index is 11.7. The first-order valence-corrected chi connectivity index (χ1v) is 11.7. The molecule has 3 heterocycles. The van der Waals surface area contributed by atoms with E-state index in [0.717, 1.165) is 38.8 Å². The average molecular weight is 409 g/mol. The van der Waals surface area contributed by atoms with Gasteiger partial charge in [0.15, 0.2) is 0 Å². The van der Waals surface area contributed by atoms with Crippen molar-refractivity contribution < 1.29 is 4.79 Å². The van der Waals surface area contributed by atoms with Crippen molar-refractivity contribution in [3.63, 3.8) is 0 Å². The second-order valence-corrected chi connectivity index (χ2v) is 10.7. The van der Waals surface area contributed by atoms with Gasteiger partial charge in [0.2, 0.25) is 5.91 Å². The number of fused-ring (bicyclic) bond motifs is 1. The number of aliphatic imine (C=N–C) groups is 1. The number of rotatable bonds is 4. The Bertz CT molecular complexity index is 899. The summed E-state index contributed by atoms with van der Waals surface area (Å²) in [4.78, 5) is 20.2. The minimum Gasteiger partial charge on any atom is -0.343 e. The predicted octanol–water partition coefficient (Wildman–Crippen LogP) is 6.20. The highest BCUT2D eigenvalue weighted by Gasteiger charge is 2.36. The SMILES string of the molecule is CC(=O)N1CCC(CC2C(C(C)(C)C)=Nc3cc(Cc4cccs4)ccc32)CC1. The molecular formula is C25H32N2OS. The summed E-state index contributed by atoms with van der Waals surface area (Å²) >= 11 is 1.82. The largest absolute Gasteiger partial charge is 0.343 e. The second kappa shape index (κ2) is 8.06. The molecule has 0 spiro atoms. The molecule has 1 aromatic heterocycles. The van der Waals surface area contributed by atoms with Gasteiger partial charge in [-0.1, -0.05) is 39.0 Å². The molecular weight excluding hydrogens is 376 g/mol. The van der Waals surface area contributed by atoms with Crippen molar-refractivity contribution >= 4 is 28.6 Å². The van der Waals surface area contributed by atoms with Crippen LogP contribution < -0.4 is 0 Å². The molecule has 1 unspecified atom stereocenters. The number of carbonyl (C=O) groups excluding carboxylic acids is 1. The van der Waals surface area contributed by atoms with Gasteiger partial charge in [0.25, 0.3) is 0 Å². The number of piperidine rings is 1. The van der Waals surface area contributed by atoms with Gasteiger partial charge in [-0.25, -0.2) is 0 Å². The number of thiophene rings is 1. The van der Waals surface area contributed by atoms with Crippen LogP contribution in [-0.4, -0.2) is 29.6 Å². The summed E-state index contributed by atoms with van der Waals surface area (Å²) in [5, 5.41) is 2.14. The van der Waals surface area contributed by atoms with Crippen LogP contribution in [0.3, 0.4) is 0 Å². The third-order valence-electron chi connectivity index (χ3n) is 6.40. The zero-order valence-electron chi connectivity index (χ0n) is 18.1. The molecule has 2 aliphatic rings. The molecule has 2 aromatic rings. The summed E-state index contributed by atoms with van der Waals surface area (Å²) < 4.78 is 0. The van der Waals surface area contributed by atoms with Crippen molar-refractivity contribution in [1.82, 2.24) is 4.90 Å². The highest BCUT2D eigenvalue weighted by molar-refractivity contribution is 7.09. The Morgan fingerprint density at radius 1 is 1.21 bits per heavy atom. The molecule has 0 saturated carbocycles. The summed E-state index contributed by atoms with van der Waals surface area (Å²) in [6.07, 6.45) is 4.36. The van der Waals surface area contributed by atoms with Crippen LogP contribution in [0.25, 0.3) is 0 Å². The van der Waals surface area contributed by atoms with Crippen LogP contribution in [0.1, 0.15) is 68.9 Å². The number of amides is 1. The van der Waals surface area contributed by atoms with Crippen molar-refractivity contribution in [1.29, 1.82) is 0 Å². The van der Waals surface area contributed by atoms with E-state index in [4.69, 9.17) is 4.99 Å². The number of carbonyl (C=O) groups is 1. The summed E-state index contributed by atoms with van der Waals surface area (Å²) in [7, 11) is 0. The van der Waals surface area contributed by atoms with Crippen LogP contribution in [-0.2, 0) is 11.2 Å². The van der Waals surface area contributed by atoms with Crippen LogP contribution in [0.2, 0.25) is 0 Å². The smallest absolute Gasteiger partial charge is 0.219 e. The number of hydrogen-bond acceptors (Lipinski definition) is 3. The standard InChI is InChI=1S/C25H32N2OS/c1-17(28)27-11-9-18(10-12-27)15-22-21-8-7-19(14-20-6-5-13-29-20)16-23(21)26-24(22)25(2,3)4/h5-8,13,16,18,22H,9-12,14-15H2,1-4H3. The molecule has 1 amide bonds. The molecule has 154 valence electrons. The van der Waals surface area contributed by atoms with Crippen molar-refractivity contribution in [2.24, 2.45) is 16.3 Å².